The minimum Gasteiger partial charge on any atom is -0.460 e. The van der Waals surface area contributed by atoms with E-state index in [1.54, 1.807) is 0 Å². The van der Waals surface area contributed by atoms with E-state index in [2.05, 4.69) is 20.8 Å². The van der Waals surface area contributed by atoms with Crippen LogP contribution in [0.1, 0.15) is 185 Å². The van der Waals surface area contributed by atoms with Gasteiger partial charge in [0.05, 0.1) is 29.1 Å². The van der Waals surface area contributed by atoms with Gasteiger partial charge in [0.25, 0.3) is 0 Å². The van der Waals surface area contributed by atoms with Gasteiger partial charge in [0, 0.05) is 0 Å². The highest BCUT2D eigenvalue weighted by Gasteiger charge is 2.63. The van der Waals surface area contributed by atoms with Gasteiger partial charge in [-0.2, -0.15) is 0 Å². The molecule has 8 saturated carbocycles. The predicted molar refractivity (Wildman–Crippen MR) is 229 cm³/mol. The number of esters is 2. The van der Waals surface area contributed by atoms with E-state index in [0.29, 0.717) is 43.6 Å². The highest BCUT2D eigenvalue weighted by Crippen LogP contribution is 2.67. The van der Waals surface area contributed by atoms with E-state index in [9.17, 15) is 19.8 Å². The smallest absolute Gasteiger partial charge is 0.312 e. The summed E-state index contributed by atoms with van der Waals surface area (Å²) in [6, 6.07) is 0. The van der Waals surface area contributed by atoms with E-state index < -0.39 is 39.7 Å². The fourth-order valence-corrected chi connectivity index (χ4v) is 16.7. The molecular weight excluding hydrogens is 741 g/mol. The Hall–Kier alpha value is -1.22. The summed E-state index contributed by atoms with van der Waals surface area (Å²) in [6.07, 6.45) is 17.0. The first-order valence-electron chi connectivity index (χ1n) is 24.5. The van der Waals surface area contributed by atoms with Crippen molar-refractivity contribution in [1.82, 2.24) is 0 Å². The monoisotopic (exact) mass is 825 g/mol. The van der Waals surface area contributed by atoms with Crippen LogP contribution in [-0.4, -0.2) is 63.1 Å². The molecule has 9 fully saturated rings. The predicted octanol–water partition coefficient (Wildman–Crippen LogP) is 10.4. The maximum atomic E-state index is 14.6. The SMILES string of the molecule is CC1CC(CC2CC(CCC(C)(C(=O)OC(C)(C)C)C3C4CC(C(=O)OC(C)(C)C)C(C4)C3C)CC(O)(C3COC(C)(C)O3)C2)CC(O)(C23CC4CC(CC(C4)C2)C3)C1. The Bertz CT molecular complexity index is 1540. The Labute approximate surface area is 357 Å². The van der Waals surface area contributed by atoms with Crippen molar-refractivity contribution < 1.29 is 38.7 Å². The van der Waals surface area contributed by atoms with Crippen LogP contribution in [0.4, 0.5) is 0 Å². The number of carbonyl (C=O) groups is 2. The molecule has 13 atom stereocenters. The van der Waals surface area contributed by atoms with Crippen LogP contribution in [0.25, 0.3) is 0 Å². The van der Waals surface area contributed by atoms with E-state index in [4.69, 9.17) is 18.9 Å². The van der Waals surface area contributed by atoms with Crippen molar-refractivity contribution in [2.45, 2.75) is 220 Å². The van der Waals surface area contributed by atoms with Crippen molar-refractivity contribution in [3.05, 3.63) is 0 Å². The lowest BCUT2D eigenvalue weighted by Gasteiger charge is -2.64. The zero-order valence-electron chi connectivity index (χ0n) is 39.1. The molecule has 59 heavy (non-hydrogen) atoms. The number of carbonyl (C=O) groups excluding carboxylic acids is 2. The Morgan fingerprint density at radius 3 is 1.86 bits per heavy atom. The summed E-state index contributed by atoms with van der Waals surface area (Å²) in [5.74, 6) is 3.55. The molecular formula is C51H84O8. The lowest BCUT2D eigenvalue weighted by molar-refractivity contribution is -0.206. The van der Waals surface area contributed by atoms with Crippen LogP contribution in [-0.2, 0) is 28.5 Å². The zero-order chi connectivity index (χ0) is 42.7. The van der Waals surface area contributed by atoms with E-state index in [1.807, 2.05) is 55.4 Å². The normalized spacial score (nSPS) is 47.6. The van der Waals surface area contributed by atoms with Gasteiger partial charge in [-0.1, -0.05) is 13.8 Å². The first-order valence-corrected chi connectivity index (χ1v) is 24.5. The number of fused-ring (bicyclic) bond motifs is 2. The topological polar surface area (TPSA) is 112 Å². The summed E-state index contributed by atoms with van der Waals surface area (Å²) in [5, 5.41) is 25.7. The van der Waals surface area contributed by atoms with Crippen LogP contribution in [0.3, 0.4) is 0 Å². The van der Waals surface area contributed by atoms with Gasteiger partial charge in [-0.3, -0.25) is 9.59 Å². The van der Waals surface area contributed by atoms with E-state index in [-0.39, 0.29) is 52.9 Å². The number of ether oxygens (including phenoxy) is 4. The van der Waals surface area contributed by atoms with Crippen LogP contribution in [0.15, 0.2) is 0 Å². The molecule has 1 saturated heterocycles. The number of hydrogen-bond donors (Lipinski definition) is 2. The lowest BCUT2D eigenvalue weighted by atomic mass is 9.43. The molecule has 0 spiro atoms. The van der Waals surface area contributed by atoms with Gasteiger partial charge in [0.1, 0.15) is 17.3 Å². The molecule has 8 heteroatoms. The summed E-state index contributed by atoms with van der Waals surface area (Å²) < 4.78 is 24.8. The van der Waals surface area contributed by atoms with Crippen LogP contribution < -0.4 is 0 Å². The standard InChI is InChI=1S/C51H84O8/c1-30-14-33(28-51(55,22-30)49-23-34-17-35(24-49)19-36(18-34)25-49)16-37-15-32(26-50(54,27-37)41-29-56-47(9,10)57-41)12-13-48(11,44(53)59-46(6,7)8)42-31(2)39-20-38(42)21-40(39)43(52)58-45(3,4)5/h30-42,54-55H,12-29H2,1-11H3. The van der Waals surface area contributed by atoms with Gasteiger partial charge in [0.15, 0.2) is 5.79 Å². The Morgan fingerprint density at radius 1 is 0.712 bits per heavy atom. The van der Waals surface area contributed by atoms with Crippen LogP contribution in [0.5, 0.6) is 0 Å². The second kappa shape index (κ2) is 15.2. The van der Waals surface area contributed by atoms with Gasteiger partial charge in [-0.25, -0.2) is 0 Å². The fraction of sp³-hybridized carbons (Fsp3) is 0.961. The van der Waals surface area contributed by atoms with Crippen molar-refractivity contribution in [2.75, 3.05) is 6.61 Å². The third kappa shape index (κ3) is 8.72. The van der Waals surface area contributed by atoms with Crippen molar-refractivity contribution in [2.24, 2.45) is 81.8 Å². The summed E-state index contributed by atoms with van der Waals surface area (Å²) in [4.78, 5) is 28.0. The largest absolute Gasteiger partial charge is 0.460 e. The molecule has 1 heterocycles. The van der Waals surface area contributed by atoms with E-state index in [0.717, 1.165) is 69.1 Å². The maximum Gasteiger partial charge on any atom is 0.312 e. The zero-order valence-corrected chi connectivity index (χ0v) is 39.1. The second-order valence-electron chi connectivity index (χ2n) is 25.8. The summed E-state index contributed by atoms with van der Waals surface area (Å²) in [6.45, 7) is 22.8. The van der Waals surface area contributed by atoms with Crippen molar-refractivity contribution in [3.8, 4) is 0 Å². The first kappa shape index (κ1) is 44.4. The molecule has 0 aromatic carbocycles. The molecule has 8 nitrogen and oxygen atoms in total. The molecule has 2 N–H and O–H groups in total. The first-order chi connectivity index (χ1) is 27.3. The summed E-state index contributed by atoms with van der Waals surface area (Å²) in [7, 11) is 0. The van der Waals surface area contributed by atoms with Gasteiger partial charge >= 0.3 is 11.9 Å². The van der Waals surface area contributed by atoms with Gasteiger partial charge < -0.3 is 29.2 Å². The third-order valence-corrected chi connectivity index (χ3v) is 18.1. The maximum absolute atomic E-state index is 14.6. The third-order valence-electron chi connectivity index (χ3n) is 18.1. The summed E-state index contributed by atoms with van der Waals surface area (Å²) >= 11 is 0. The van der Waals surface area contributed by atoms with Crippen LogP contribution >= 0.6 is 0 Å². The minimum absolute atomic E-state index is 0.0909. The minimum atomic E-state index is -1.03. The highest BCUT2D eigenvalue weighted by atomic mass is 16.7. The van der Waals surface area contributed by atoms with Crippen molar-refractivity contribution in [3.63, 3.8) is 0 Å². The van der Waals surface area contributed by atoms with E-state index >= 15 is 0 Å². The molecule has 336 valence electrons. The summed E-state index contributed by atoms with van der Waals surface area (Å²) in [5.41, 5.74) is -3.38. The molecule has 13 unspecified atom stereocenters. The molecule has 0 aromatic heterocycles. The molecule has 0 amide bonds. The average molecular weight is 825 g/mol. The fourth-order valence-electron chi connectivity index (χ4n) is 16.7. The van der Waals surface area contributed by atoms with Crippen LogP contribution in [0.2, 0.25) is 0 Å². The Morgan fingerprint density at radius 2 is 1.31 bits per heavy atom. The van der Waals surface area contributed by atoms with Crippen LogP contribution in [0, 0.1) is 81.8 Å². The number of rotatable bonds is 10. The molecule has 0 aromatic rings. The Kier molecular flexibility index (Phi) is 11.4. The molecule has 1 aliphatic heterocycles. The molecule has 0 radical (unpaired) electrons. The van der Waals surface area contributed by atoms with Gasteiger partial charge in [-0.05, 0) is 242 Å². The number of hydrogen-bond acceptors (Lipinski definition) is 8. The van der Waals surface area contributed by atoms with Gasteiger partial charge in [0.2, 0.25) is 0 Å². The van der Waals surface area contributed by atoms with Gasteiger partial charge in [-0.15, -0.1) is 0 Å². The average Bonchev–Trinajstić information content (AvgIpc) is 3.77. The molecule has 9 aliphatic rings. The van der Waals surface area contributed by atoms with Crippen molar-refractivity contribution in [1.29, 1.82) is 0 Å². The lowest BCUT2D eigenvalue weighted by Crippen LogP contribution is -2.60. The van der Waals surface area contributed by atoms with Crippen molar-refractivity contribution >= 4 is 11.9 Å². The number of aliphatic hydroxyl groups is 2. The molecule has 9 rings (SSSR count). The second-order valence-corrected chi connectivity index (χ2v) is 25.8. The molecule has 6 bridgehead atoms. The quantitative estimate of drug-likeness (QED) is 0.210. The highest BCUT2D eigenvalue weighted by molar-refractivity contribution is 5.78. The Balaban J connectivity index is 1.02. The van der Waals surface area contributed by atoms with E-state index in [1.165, 1.54) is 38.5 Å². The molecule has 8 aliphatic carbocycles.